The first-order valence-electron chi connectivity index (χ1n) is 3.01. The average molecular weight is 176 g/mol. The molecular weight excluding hydrogens is 163 g/mol. The summed E-state index contributed by atoms with van der Waals surface area (Å²) in [5.41, 5.74) is 0. The summed E-state index contributed by atoms with van der Waals surface area (Å²) >= 11 is 0. The zero-order valence-electron chi connectivity index (χ0n) is 7.50. The van der Waals surface area contributed by atoms with Gasteiger partial charge in [0, 0.05) is 0 Å². The molecular formula is C5H13NaO3S. The molecule has 0 aromatic heterocycles. The van der Waals surface area contributed by atoms with Gasteiger partial charge in [-0.1, -0.05) is 19.8 Å². The third-order valence-electron chi connectivity index (χ3n) is 1.01. The molecule has 0 aromatic carbocycles. The summed E-state index contributed by atoms with van der Waals surface area (Å²) in [5, 5.41) is 0. The van der Waals surface area contributed by atoms with Crippen LogP contribution in [0.1, 0.15) is 27.6 Å². The van der Waals surface area contributed by atoms with Crippen molar-refractivity contribution >= 4 is 10.1 Å². The minimum atomic E-state index is -3.70. The van der Waals surface area contributed by atoms with Crippen molar-refractivity contribution in [3.8, 4) is 0 Å². The fourth-order valence-corrected chi connectivity index (χ4v) is 1.10. The van der Waals surface area contributed by atoms with E-state index >= 15 is 0 Å². The van der Waals surface area contributed by atoms with E-state index in [0.29, 0.717) is 6.42 Å². The molecule has 0 rings (SSSR count). The summed E-state index contributed by atoms with van der Waals surface area (Å²) in [7, 11) is -3.70. The molecule has 0 bridgehead atoms. The Morgan fingerprint density at radius 1 is 1.40 bits per heavy atom. The van der Waals surface area contributed by atoms with Crippen molar-refractivity contribution in [1.82, 2.24) is 0 Å². The van der Waals surface area contributed by atoms with E-state index in [-0.39, 0.29) is 36.7 Å². The molecule has 58 valence electrons. The molecule has 10 heavy (non-hydrogen) atoms. The molecule has 0 spiro atoms. The summed E-state index contributed by atoms with van der Waals surface area (Å²) in [4.78, 5) is 0. The first-order chi connectivity index (χ1) is 4.06. The maximum atomic E-state index is 10.1. The largest absolute Gasteiger partial charge is 1.00 e. The minimum Gasteiger partial charge on any atom is -1.00 e. The van der Waals surface area contributed by atoms with Crippen LogP contribution >= 0.6 is 0 Å². The Morgan fingerprint density at radius 2 is 1.90 bits per heavy atom. The second-order valence-electron chi connectivity index (χ2n) is 1.99. The van der Waals surface area contributed by atoms with Crippen molar-refractivity contribution in [2.45, 2.75) is 26.2 Å². The Hall–Kier alpha value is 0.910. The van der Waals surface area contributed by atoms with Crippen molar-refractivity contribution in [2.24, 2.45) is 0 Å². The Labute approximate surface area is 85.7 Å². The summed E-state index contributed by atoms with van der Waals surface area (Å²) < 4.78 is 28.3. The van der Waals surface area contributed by atoms with Crippen LogP contribution in [-0.4, -0.2) is 18.7 Å². The van der Waals surface area contributed by atoms with Crippen LogP contribution < -0.4 is 29.6 Å². The molecule has 5 heteroatoms. The van der Waals surface area contributed by atoms with Gasteiger partial charge >= 0.3 is 29.6 Å². The quantitative estimate of drug-likeness (QED) is 0.312. The molecule has 0 aliphatic carbocycles. The SMILES string of the molecule is CCCCCS(=O)(=O)O.[H-].[Na+]. The molecule has 0 saturated heterocycles. The van der Waals surface area contributed by atoms with Crippen molar-refractivity contribution in [2.75, 3.05) is 5.75 Å². The van der Waals surface area contributed by atoms with E-state index in [4.69, 9.17) is 4.55 Å². The van der Waals surface area contributed by atoms with Gasteiger partial charge in [-0.2, -0.15) is 8.42 Å². The fourth-order valence-electron chi connectivity index (χ4n) is 0.534. The molecule has 0 aromatic rings. The average Bonchev–Trinajstić information content (AvgIpc) is 1.63. The normalized spacial score (nSPS) is 10.6. The van der Waals surface area contributed by atoms with E-state index in [1.807, 2.05) is 6.92 Å². The van der Waals surface area contributed by atoms with Crippen LogP contribution in [0, 0.1) is 0 Å². The first-order valence-corrected chi connectivity index (χ1v) is 4.62. The molecule has 0 amide bonds. The van der Waals surface area contributed by atoms with Gasteiger partial charge in [0.15, 0.2) is 0 Å². The molecule has 0 radical (unpaired) electrons. The van der Waals surface area contributed by atoms with Crippen molar-refractivity contribution < 1.29 is 44.0 Å². The number of unbranched alkanes of at least 4 members (excludes halogenated alkanes) is 2. The molecule has 0 aliphatic rings. The molecule has 0 saturated carbocycles. The Kier molecular flexibility index (Phi) is 8.92. The van der Waals surface area contributed by atoms with Gasteiger partial charge in [-0.3, -0.25) is 4.55 Å². The molecule has 0 aliphatic heterocycles. The smallest absolute Gasteiger partial charge is 1.00 e. The van der Waals surface area contributed by atoms with Crippen LogP contribution in [0.3, 0.4) is 0 Å². The fraction of sp³-hybridized carbons (Fsp3) is 1.00. The van der Waals surface area contributed by atoms with E-state index in [2.05, 4.69) is 0 Å². The van der Waals surface area contributed by atoms with E-state index in [9.17, 15) is 8.42 Å². The van der Waals surface area contributed by atoms with Crippen LogP contribution in [-0.2, 0) is 10.1 Å². The third-order valence-corrected chi connectivity index (χ3v) is 1.81. The van der Waals surface area contributed by atoms with Crippen LogP contribution in [0.5, 0.6) is 0 Å². The van der Waals surface area contributed by atoms with Crippen LogP contribution in [0.15, 0.2) is 0 Å². The second kappa shape index (κ2) is 6.61. The number of hydrogen-bond acceptors (Lipinski definition) is 2. The van der Waals surface area contributed by atoms with E-state index in [1.54, 1.807) is 0 Å². The topological polar surface area (TPSA) is 54.4 Å². The number of rotatable bonds is 4. The van der Waals surface area contributed by atoms with E-state index in [1.165, 1.54) is 0 Å². The molecule has 0 atom stereocenters. The summed E-state index contributed by atoms with van der Waals surface area (Å²) in [6.07, 6.45) is 2.39. The maximum Gasteiger partial charge on any atom is 1.00 e. The van der Waals surface area contributed by atoms with Gasteiger partial charge in [0.1, 0.15) is 0 Å². The summed E-state index contributed by atoms with van der Waals surface area (Å²) in [6, 6.07) is 0. The van der Waals surface area contributed by atoms with Crippen molar-refractivity contribution in [3.63, 3.8) is 0 Å². The van der Waals surface area contributed by atoms with Gasteiger partial charge in [-0.25, -0.2) is 0 Å². The number of hydrogen-bond donors (Lipinski definition) is 1. The van der Waals surface area contributed by atoms with Gasteiger partial charge in [0.25, 0.3) is 10.1 Å². The Balaban J connectivity index is -0.000000320. The van der Waals surface area contributed by atoms with Gasteiger partial charge in [0.2, 0.25) is 0 Å². The molecule has 0 unspecified atom stereocenters. The zero-order valence-corrected chi connectivity index (χ0v) is 9.32. The Morgan fingerprint density at radius 3 is 2.20 bits per heavy atom. The summed E-state index contributed by atoms with van der Waals surface area (Å²) in [5.74, 6) is -0.0964. The van der Waals surface area contributed by atoms with Gasteiger partial charge in [-0.15, -0.1) is 0 Å². The monoisotopic (exact) mass is 176 g/mol. The molecule has 0 fully saturated rings. The van der Waals surface area contributed by atoms with Crippen molar-refractivity contribution in [1.29, 1.82) is 0 Å². The van der Waals surface area contributed by atoms with Gasteiger partial charge < -0.3 is 1.43 Å². The zero-order chi connectivity index (χ0) is 7.33. The molecule has 1 N–H and O–H groups in total. The van der Waals surface area contributed by atoms with Crippen LogP contribution in [0.2, 0.25) is 0 Å². The van der Waals surface area contributed by atoms with Crippen LogP contribution in [0.4, 0.5) is 0 Å². The van der Waals surface area contributed by atoms with Crippen LogP contribution in [0.25, 0.3) is 0 Å². The van der Waals surface area contributed by atoms with E-state index in [0.717, 1.165) is 12.8 Å². The predicted octanol–water partition coefficient (Wildman–Crippen LogP) is -1.82. The summed E-state index contributed by atoms with van der Waals surface area (Å²) in [6.45, 7) is 1.98. The van der Waals surface area contributed by atoms with Gasteiger partial charge in [0.05, 0.1) is 5.75 Å². The standard InChI is InChI=1S/C5H12O3S.Na.H/c1-2-3-4-5-9(6,7)8;;/h2-5H2,1H3,(H,6,7,8);;/q;+1;-1. The second-order valence-corrected chi connectivity index (χ2v) is 3.57. The first kappa shape index (κ1) is 13.5. The molecule has 3 nitrogen and oxygen atoms in total. The third kappa shape index (κ3) is 11.7. The maximum absolute atomic E-state index is 10.1. The Bertz CT molecular complexity index is 157. The minimum absolute atomic E-state index is 0. The molecule has 0 heterocycles. The predicted molar refractivity (Wildman–Crippen MR) is 37.1 cm³/mol. The van der Waals surface area contributed by atoms with Crippen molar-refractivity contribution in [3.05, 3.63) is 0 Å². The van der Waals surface area contributed by atoms with Gasteiger partial charge in [-0.05, 0) is 6.42 Å². The van der Waals surface area contributed by atoms with E-state index < -0.39 is 10.1 Å².